The Morgan fingerprint density at radius 1 is 1.14 bits per heavy atom. The van der Waals surface area contributed by atoms with E-state index in [-0.39, 0.29) is 11.3 Å². The zero-order valence-electron chi connectivity index (χ0n) is 13.0. The minimum Gasteiger partial charge on any atom is -0.381 e. The normalized spacial score (nSPS) is 32.5. The average molecular weight is 292 g/mol. The number of nitrogens with one attached hydrogen (secondary N) is 1. The van der Waals surface area contributed by atoms with Crippen LogP contribution in [0.2, 0.25) is 0 Å². The van der Waals surface area contributed by atoms with Gasteiger partial charge in [-0.25, -0.2) is 0 Å². The molecule has 1 unspecified atom stereocenters. The van der Waals surface area contributed by atoms with Crippen LogP contribution < -0.4 is 5.32 Å². The van der Waals surface area contributed by atoms with Gasteiger partial charge in [0.15, 0.2) is 0 Å². The number of hydrogen-bond acceptors (Lipinski definition) is 3. The molecule has 118 valence electrons. The van der Waals surface area contributed by atoms with Gasteiger partial charge in [0.05, 0.1) is 5.92 Å². The second-order valence-electron chi connectivity index (χ2n) is 7.85. The molecular weight excluding hydrogens is 264 g/mol. The Morgan fingerprint density at radius 2 is 1.86 bits per heavy atom. The standard InChI is InChI=1S/C17H28N2O2/c20-16(18-9-13-1-2-13)15-11-19(10-14-3-4-14)12-17(15)5-7-21-8-6-17/h13-15H,1-12H2,(H,18,20). The van der Waals surface area contributed by atoms with Gasteiger partial charge in [0.25, 0.3) is 0 Å². The molecule has 1 N–H and O–H groups in total. The molecular formula is C17H28N2O2. The van der Waals surface area contributed by atoms with Gasteiger partial charge in [0.1, 0.15) is 0 Å². The zero-order chi connectivity index (χ0) is 14.3. The quantitative estimate of drug-likeness (QED) is 0.838. The van der Waals surface area contributed by atoms with Crippen molar-refractivity contribution in [2.75, 3.05) is 39.4 Å². The Kier molecular flexibility index (Phi) is 3.70. The molecule has 4 aliphatic rings. The first-order chi connectivity index (χ1) is 10.3. The topological polar surface area (TPSA) is 41.6 Å². The number of hydrogen-bond donors (Lipinski definition) is 1. The molecule has 1 amide bonds. The molecule has 0 aromatic rings. The predicted octanol–water partition coefficient (Wildman–Crippen LogP) is 1.65. The molecule has 2 saturated carbocycles. The van der Waals surface area contributed by atoms with Gasteiger partial charge in [0, 0.05) is 44.8 Å². The minimum absolute atomic E-state index is 0.193. The lowest BCUT2D eigenvalue weighted by Gasteiger charge is -2.37. The molecule has 2 saturated heterocycles. The molecule has 0 radical (unpaired) electrons. The zero-order valence-corrected chi connectivity index (χ0v) is 13.0. The molecule has 4 heteroatoms. The number of rotatable bonds is 5. The van der Waals surface area contributed by atoms with Gasteiger partial charge in [-0.2, -0.15) is 0 Å². The maximum atomic E-state index is 12.7. The first-order valence-corrected chi connectivity index (χ1v) is 8.83. The summed E-state index contributed by atoms with van der Waals surface area (Å²) in [5, 5.41) is 3.24. The number of ether oxygens (including phenoxy) is 1. The van der Waals surface area contributed by atoms with E-state index in [4.69, 9.17) is 4.74 Å². The fourth-order valence-electron chi connectivity index (χ4n) is 4.21. The highest BCUT2D eigenvalue weighted by atomic mass is 16.5. The van der Waals surface area contributed by atoms with Crippen LogP contribution in [-0.4, -0.2) is 50.2 Å². The van der Waals surface area contributed by atoms with Crippen LogP contribution in [0.25, 0.3) is 0 Å². The van der Waals surface area contributed by atoms with Crippen molar-refractivity contribution in [2.45, 2.75) is 38.5 Å². The third-order valence-corrected chi connectivity index (χ3v) is 6.00. The summed E-state index contributed by atoms with van der Waals surface area (Å²) in [7, 11) is 0. The summed E-state index contributed by atoms with van der Waals surface area (Å²) >= 11 is 0. The van der Waals surface area contributed by atoms with E-state index < -0.39 is 0 Å². The predicted molar refractivity (Wildman–Crippen MR) is 80.9 cm³/mol. The van der Waals surface area contributed by atoms with Crippen molar-refractivity contribution in [2.24, 2.45) is 23.2 Å². The van der Waals surface area contributed by atoms with Crippen LogP contribution in [0.3, 0.4) is 0 Å². The third kappa shape index (κ3) is 3.11. The van der Waals surface area contributed by atoms with E-state index >= 15 is 0 Å². The van der Waals surface area contributed by atoms with Crippen LogP contribution in [0.4, 0.5) is 0 Å². The van der Waals surface area contributed by atoms with Gasteiger partial charge in [-0.3, -0.25) is 4.79 Å². The monoisotopic (exact) mass is 292 g/mol. The van der Waals surface area contributed by atoms with Crippen LogP contribution in [0.1, 0.15) is 38.5 Å². The lowest BCUT2D eigenvalue weighted by Crippen LogP contribution is -2.44. The highest BCUT2D eigenvalue weighted by Crippen LogP contribution is 2.45. The Labute approximate surface area is 127 Å². The fourth-order valence-corrected chi connectivity index (χ4v) is 4.21. The summed E-state index contributed by atoms with van der Waals surface area (Å²) < 4.78 is 5.57. The summed E-state index contributed by atoms with van der Waals surface area (Å²) in [5.74, 6) is 2.19. The van der Waals surface area contributed by atoms with Crippen LogP contribution in [0.5, 0.6) is 0 Å². The summed E-state index contributed by atoms with van der Waals surface area (Å²) in [6, 6.07) is 0. The maximum Gasteiger partial charge on any atom is 0.225 e. The summed E-state index contributed by atoms with van der Waals surface area (Å²) in [4.78, 5) is 15.3. The minimum atomic E-state index is 0.193. The Hall–Kier alpha value is -0.610. The highest BCUT2D eigenvalue weighted by molar-refractivity contribution is 5.80. The number of carbonyl (C=O) groups is 1. The largest absolute Gasteiger partial charge is 0.381 e. The van der Waals surface area contributed by atoms with Crippen LogP contribution >= 0.6 is 0 Å². The maximum absolute atomic E-state index is 12.7. The lowest BCUT2D eigenvalue weighted by molar-refractivity contribution is -0.129. The van der Waals surface area contributed by atoms with Crippen LogP contribution in [-0.2, 0) is 9.53 Å². The molecule has 4 fully saturated rings. The molecule has 1 atom stereocenters. The van der Waals surface area contributed by atoms with Gasteiger partial charge >= 0.3 is 0 Å². The van der Waals surface area contributed by atoms with Gasteiger partial charge in [0.2, 0.25) is 5.91 Å². The molecule has 4 nitrogen and oxygen atoms in total. The molecule has 0 bridgehead atoms. The molecule has 4 rings (SSSR count). The third-order valence-electron chi connectivity index (χ3n) is 6.00. The van der Waals surface area contributed by atoms with Crippen LogP contribution in [0.15, 0.2) is 0 Å². The van der Waals surface area contributed by atoms with Gasteiger partial charge in [-0.05, 0) is 50.4 Å². The SMILES string of the molecule is O=C(NCC1CC1)C1CN(CC2CC2)CC12CCOCC2. The van der Waals surface area contributed by atoms with E-state index in [1.165, 1.54) is 32.2 Å². The van der Waals surface area contributed by atoms with E-state index in [0.717, 1.165) is 57.5 Å². The van der Waals surface area contributed by atoms with Crippen molar-refractivity contribution < 1.29 is 9.53 Å². The Bertz CT molecular complexity index is 398. The molecule has 0 aromatic carbocycles. The molecule has 2 aliphatic heterocycles. The number of amides is 1. The van der Waals surface area contributed by atoms with Crippen molar-refractivity contribution in [1.29, 1.82) is 0 Å². The molecule has 2 aliphatic carbocycles. The van der Waals surface area contributed by atoms with Gasteiger partial charge in [-0.15, -0.1) is 0 Å². The van der Waals surface area contributed by atoms with E-state index in [1.807, 2.05) is 0 Å². The number of nitrogens with zero attached hydrogens (tertiary/aromatic N) is 1. The van der Waals surface area contributed by atoms with E-state index in [9.17, 15) is 4.79 Å². The van der Waals surface area contributed by atoms with Crippen LogP contribution in [0, 0.1) is 23.2 Å². The van der Waals surface area contributed by atoms with Crippen molar-refractivity contribution in [3.8, 4) is 0 Å². The first-order valence-electron chi connectivity index (χ1n) is 8.83. The van der Waals surface area contributed by atoms with Crippen molar-refractivity contribution in [1.82, 2.24) is 10.2 Å². The Morgan fingerprint density at radius 3 is 2.52 bits per heavy atom. The summed E-state index contributed by atoms with van der Waals surface area (Å²) in [5.41, 5.74) is 0.195. The first kappa shape index (κ1) is 14.0. The van der Waals surface area contributed by atoms with E-state index in [1.54, 1.807) is 0 Å². The molecule has 2 heterocycles. The Balaban J connectivity index is 1.42. The average Bonchev–Trinajstić information content (AvgIpc) is 3.38. The van der Waals surface area contributed by atoms with Gasteiger partial charge < -0.3 is 15.0 Å². The summed E-state index contributed by atoms with van der Waals surface area (Å²) in [6.07, 6.45) is 7.52. The van der Waals surface area contributed by atoms with Gasteiger partial charge in [-0.1, -0.05) is 0 Å². The number of carbonyl (C=O) groups excluding carboxylic acids is 1. The van der Waals surface area contributed by atoms with Crippen molar-refractivity contribution in [3.63, 3.8) is 0 Å². The van der Waals surface area contributed by atoms with Crippen molar-refractivity contribution >= 4 is 5.91 Å². The number of likely N-dealkylation sites (tertiary alicyclic amines) is 1. The second kappa shape index (κ2) is 5.54. The molecule has 21 heavy (non-hydrogen) atoms. The van der Waals surface area contributed by atoms with E-state index in [0.29, 0.717) is 5.91 Å². The summed E-state index contributed by atoms with van der Waals surface area (Å²) in [6.45, 7) is 5.90. The fraction of sp³-hybridized carbons (Fsp3) is 0.941. The highest BCUT2D eigenvalue weighted by Gasteiger charge is 2.51. The van der Waals surface area contributed by atoms with E-state index in [2.05, 4.69) is 10.2 Å². The molecule has 0 aromatic heterocycles. The van der Waals surface area contributed by atoms with Crippen molar-refractivity contribution in [3.05, 3.63) is 0 Å². The molecule has 1 spiro atoms. The lowest BCUT2D eigenvalue weighted by atomic mass is 9.71. The second-order valence-corrected chi connectivity index (χ2v) is 7.85. The smallest absolute Gasteiger partial charge is 0.225 e.